The fourth-order valence-corrected chi connectivity index (χ4v) is 1.73. The van der Waals surface area contributed by atoms with E-state index in [0.29, 0.717) is 11.3 Å². The number of aromatic nitrogens is 1. The van der Waals surface area contributed by atoms with E-state index in [1.807, 2.05) is 0 Å². The van der Waals surface area contributed by atoms with Crippen LogP contribution in [0.5, 0.6) is 5.75 Å². The second kappa shape index (κ2) is 7.07. The largest absolute Gasteiger partial charge is 0.497 e. The highest BCUT2D eigenvalue weighted by molar-refractivity contribution is 5.95. The number of rotatable bonds is 4. The summed E-state index contributed by atoms with van der Waals surface area (Å²) in [6.45, 7) is -0.178. The number of pyridine rings is 1. The van der Waals surface area contributed by atoms with Crippen LogP contribution in [0.3, 0.4) is 0 Å². The predicted molar refractivity (Wildman–Crippen MR) is 79.3 cm³/mol. The summed E-state index contributed by atoms with van der Waals surface area (Å²) in [5, 5.41) is 0. The first-order valence-electron chi connectivity index (χ1n) is 6.49. The molecule has 2 amide bonds. The average molecular weight is 301 g/mol. The van der Waals surface area contributed by atoms with E-state index in [-0.39, 0.29) is 12.1 Å². The molecule has 22 heavy (non-hydrogen) atoms. The molecule has 2 rings (SSSR count). The zero-order valence-electron chi connectivity index (χ0n) is 11.9. The molecule has 1 aromatic carbocycles. The van der Waals surface area contributed by atoms with Gasteiger partial charge in [0.15, 0.2) is 0 Å². The van der Waals surface area contributed by atoms with E-state index in [9.17, 15) is 14.4 Å². The summed E-state index contributed by atoms with van der Waals surface area (Å²) in [5.74, 6) is -0.337. The maximum atomic E-state index is 11.8. The molecule has 2 aromatic rings. The summed E-state index contributed by atoms with van der Waals surface area (Å²) in [4.78, 5) is 35.0. The number of hydrogen-bond acceptors (Lipinski definition) is 4. The van der Waals surface area contributed by atoms with E-state index in [1.54, 1.807) is 36.4 Å². The molecule has 7 heteroatoms. The zero-order chi connectivity index (χ0) is 15.9. The molecule has 2 N–H and O–H groups in total. The highest BCUT2D eigenvalue weighted by atomic mass is 16.5. The van der Waals surface area contributed by atoms with Crippen molar-refractivity contribution in [3.8, 4) is 5.75 Å². The number of nitrogens with zero attached hydrogens (tertiary/aromatic N) is 1. The van der Waals surface area contributed by atoms with Crippen molar-refractivity contribution in [2.24, 2.45) is 0 Å². The third kappa shape index (κ3) is 3.95. The summed E-state index contributed by atoms with van der Waals surface area (Å²) in [7, 11) is 1.53. The molecule has 0 saturated heterocycles. The molecule has 0 fully saturated rings. The van der Waals surface area contributed by atoms with Crippen molar-refractivity contribution in [3.63, 3.8) is 0 Å². The van der Waals surface area contributed by atoms with Crippen LogP contribution in [0.15, 0.2) is 53.5 Å². The first kappa shape index (κ1) is 15.3. The van der Waals surface area contributed by atoms with Crippen molar-refractivity contribution >= 4 is 11.8 Å². The van der Waals surface area contributed by atoms with Crippen LogP contribution in [0.25, 0.3) is 0 Å². The van der Waals surface area contributed by atoms with E-state index >= 15 is 0 Å². The minimum atomic E-state index is -0.504. The van der Waals surface area contributed by atoms with Gasteiger partial charge in [0.2, 0.25) is 0 Å². The number of hydrogen-bond donors (Lipinski definition) is 2. The number of benzene rings is 1. The van der Waals surface area contributed by atoms with Crippen LogP contribution in [0, 0.1) is 0 Å². The molecule has 0 spiro atoms. The van der Waals surface area contributed by atoms with Gasteiger partial charge in [0, 0.05) is 17.8 Å². The van der Waals surface area contributed by atoms with Gasteiger partial charge in [0.25, 0.3) is 17.4 Å². The lowest BCUT2D eigenvalue weighted by Gasteiger charge is -2.09. The summed E-state index contributed by atoms with van der Waals surface area (Å²) >= 11 is 0. The molecule has 0 saturated carbocycles. The minimum Gasteiger partial charge on any atom is -0.497 e. The monoisotopic (exact) mass is 301 g/mol. The third-order valence-corrected chi connectivity index (χ3v) is 2.88. The third-order valence-electron chi connectivity index (χ3n) is 2.88. The van der Waals surface area contributed by atoms with Crippen molar-refractivity contribution in [2.75, 3.05) is 7.11 Å². The van der Waals surface area contributed by atoms with Crippen molar-refractivity contribution in [1.82, 2.24) is 15.4 Å². The van der Waals surface area contributed by atoms with E-state index in [1.165, 1.54) is 23.9 Å². The van der Waals surface area contributed by atoms with Gasteiger partial charge in [-0.3, -0.25) is 25.2 Å². The smallest absolute Gasteiger partial charge is 0.269 e. The van der Waals surface area contributed by atoms with E-state index in [4.69, 9.17) is 4.74 Å². The number of ether oxygens (including phenoxy) is 1. The highest BCUT2D eigenvalue weighted by Crippen LogP contribution is 2.10. The second-order valence-electron chi connectivity index (χ2n) is 4.40. The second-order valence-corrected chi connectivity index (χ2v) is 4.40. The SMILES string of the molecule is COc1ccc(C(=O)NNC(=O)Cn2ccccc2=O)cc1. The summed E-state index contributed by atoms with van der Waals surface area (Å²) < 4.78 is 6.22. The maximum absolute atomic E-state index is 11.8. The Kier molecular flexibility index (Phi) is 4.92. The zero-order valence-corrected chi connectivity index (χ0v) is 11.9. The van der Waals surface area contributed by atoms with E-state index in [2.05, 4.69) is 10.9 Å². The lowest BCUT2D eigenvalue weighted by molar-refractivity contribution is -0.122. The molecule has 0 radical (unpaired) electrons. The Labute approximate surface area is 126 Å². The first-order chi connectivity index (χ1) is 10.6. The summed E-state index contributed by atoms with van der Waals surface area (Å²) in [5.41, 5.74) is 4.62. The van der Waals surface area contributed by atoms with Crippen LogP contribution < -0.4 is 21.1 Å². The van der Waals surface area contributed by atoms with Crippen LogP contribution in [0.2, 0.25) is 0 Å². The van der Waals surface area contributed by atoms with E-state index < -0.39 is 11.8 Å². The number of methoxy groups -OCH3 is 1. The van der Waals surface area contributed by atoms with Gasteiger partial charge >= 0.3 is 0 Å². The Morgan fingerprint density at radius 2 is 1.82 bits per heavy atom. The number of carbonyl (C=O) groups excluding carboxylic acids is 2. The van der Waals surface area contributed by atoms with Crippen LogP contribution in [0.1, 0.15) is 10.4 Å². The molecule has 0 aliphatic heterocycles. The molecule has 0 bridgehead atoms. The molecule has 1 heterocycles. The van der Waals surface area contributed by atoms with Crippen molar-refractivity contribution in [2.45, 2.75) is 6.54 Å². The molecule has 0 atom stereocenters. The fourth-order valence-electron chi connectivity index (χ4n) is 1.73. The van der Waals surface area contributed by atoms with Crippen LogP contribution >= 0.6 is 0 Å². The lowest BCUT2D eigenvalue weighted by Crippen LogP contribution is -2.44. The average Bonchev–Trinajstić information content (AvgIpc) is 2.55. The number of nitrogens with one attached hydrogen (secondary N) is 2. The molecule has 1 aromatic heterocycles. The van der Waals surface area contributed by atoms with Crippen molar-refractivity contribution in [1.29, 1.82) is 0 Å². The van der Waals surface area contributed by atoms with Crippen LogP contribution in [-0.4, -0.2) is 23.5 Å². The Bertz CT molecular complexity index is 722. The van der Waals surface area contributed by atoms with Crippen molar-refractivity contribution in [3.05, 3.63) is 64.6 Å². The maximum Gasteiger partial charge on any atom is 0.269 e. The van der Waals surface area contributed by atoms with Gasteiger partial charge in [-0.05, 0) is 30.3 Å². The lowest BCUT2D eigenvalue weighted by atomic mass is 10.2. The molecule has 0 aliphatic carbocycles. The molecular weight excluding hydrogens is 286 g/mol. The van der Waals surface area contributed by atoms with Gasteiger partial charge in [-0.1, -0.05) is 6.07 Å². The van der Waals surface area contributed by atoms with E-state index in [0.717, 1.165) is 0 Å². The van der Waals surface area contributed by atoms with Crippen LogP contribution in [-0.2, 0) is 11.3 Å². The normalized spacial score (nSPS) is 9.86. The number of amides is 2. The van der Waals surface area contributed by atoms with Gasteiger partial charge in [-0.2, -0.15) is 0 Å². The van der Waals surface area contributed by atoms with Gasteiger partial charge in [0.1, 0.15) is 12.3 Å². The number of hydrazine groups is 1. The topological polar surface area (TPSA) is 89.4 Å². The van der Waals surface area contributed by atoms with Crippen LogP contribution in [0.4, 0.5) is 0 Å². The Morgan fingerprint density at radius 1 is 1.09 bits per heavy atom. The summed E-state index contributed by atoms with van der Waals surface area (Å²) in [6, 6.07) is 11.0. The molecule has 114 valence electrons. The summed E-state index contributed by atoms with van der Waals surface area (Å²) in [6.07, 6.45) is 1.49. The Morgan fingerprint density at radius 3 is 2.45 bits per heavy atom. The highest BCUT2D eigenvalue weighted by Gasteiger charge is 2.08. The number of carbonyl (C=O) groups is 2. The Hall–Kier alpha value is -3.09. The molecule has 7 nitrogen and oxygen atoms in total. The minimum absolute atomic E-state index is 0.178. The van der Waals surface area contributed by atoms with Gasteiger partial charge in [-0.25, -0.2) is 0 Å². The van der Waals surface area contributed by atoms with Gasteiger partial charge in [0.05, 0.1) is 7.11 Å². The molecule has 0 unspecified atom stereocenters. The molecule has 0 aliphatic rings. The first-order valence-corrected chi connectivity index (χ1v) is 6.49. The molecular formula is C15H15N3O4. The predicted octanol–water partition coefficient (Wildman–Crippen LogP) is 0.318. The standard InChI is InChI=1S/C15H15N3O4/c1-22-12-7-5-11(6-8-12)15(21)17-16-13(19)10-18-9-3-2-4-14(18)20/h2-9H,10H2,1H3,(H,16,19)(H,17,21). The van der Waals surface area contributed by atoms with Gasteiger partial charge in [-0.15, -0.1) is 0 Å². The van der Waals surface area contributed by atoms with Gasteiger partial charge < -0.3 is 9.30 Å². The Balaban J connectivity index is 1.89. The quantitative estimate of drug-likeness (QED) is 0.796. The van der Waals surface area contributed by atoms with Crippen molar-refractivity contribution < 1.29 is 14.3 Å². The fraction of sp³-hybridized carbons (Fsp3) is 0.133.